The minimum atomic E-state index is -0.0918. The fourth-order valence-electron chi connectivity index (χ4n) is 3.74. The Balaban J connectivity index is 2.29. The molecule has 3 nitrogen and oxygen atoms in total. The summed E-state index contributed by atoms with van der Waals surface area (Å²) in [6, 6.07) is 8.26. The molecule has 30 heavy (non-hydrogen) atoms. The van der Waals surface area contributed by atoms with Crippen LogP contribution in [0.3, 0.4) is 0 Å². The van der Waals surface area contributed by atoms with Crippen LogP contribution in [-0.2, 0) is 9.53 Å². The summed E-state index contributed by atoms with van der Waals surface area (Å²) < 4.78 is 11.0. The van der Waals surface area contributed by atoms with Gasteiger partial charge in [-0.3, -0.25) is 4.79 Å². The molecule has 1 rings (SSSR count). The Kier molecular flexibility index (Phi) is 15.8. The molecule has 1 aromatic carbocycles. The van der Waals surface area contributed by atoms with Gasteiger partial charge >= 0.3 is 5.97 Å². The van der Waals surface area contributed by atoms with Crippen molar-refractivity contribution in [2.24, 2.45) is 0 Å². The highest BCUT2D eigenvalue weighted by molar-refractivity contribution is 5.68. The van der Waals surface area contributed by atoms with Crippen LogP contribution >= 0.6 is 0 Å². The molecule has 0 fully saturated rings. The summed E-state index contributed by atoms with van der Waals surface area (Å²) in [5, 5.41) is 0. The standard InChI is InChI=1S/C27H44O3/c1-4-6-7-8-11-14-17-25(30-26-22-20-24(5-2)21-23-26)18-15-12-9-10-13-16-19-27(28)29-3/h5,20-23,25H,2,4,6-19H2,1,3H3. The Labute approximate surface area is 185 Å². The number of carbonyl (C=O) groups is 1. The third-order valence-corrected chi connectivity index (χ3v) is 5.68. The molecule has 0 aliphatic carbocycles. The van der Waals surface area contributed by atoms with Crippen LogP contribution in [-0.4, -0.2) is 19.2 Å². The first-order chi connectivity index (χ1) is 14.7. The molecule has 0 aliphatic rings. The van der Waals surface area contributed by atoms with E-state index in [0.717, 1.165) is 37.0 Å². The summed E-state index contributed by atoms with van der Waals surface area (Å²) in [7, 11) is 1.46. The number of unbranched alkanes of at least 4 members (excludes halogenated alkanes) is 10. The molecule has 0 aliphatic heterocycles. The van der Waals surface area contributed by atoms with Gasteiger partial charge in [0.2, 0.25) is 0 Å². The van der Waals surface area contributed by atoms with Crippen molar-refractivity contribution >= 4 is 12.0 Å². The molecule has 0 saturated heterocycles. The molecule has 1 atom stereocenters. The van der Waals surface area contributed by atoms with E-state index in [1.807, 2.05) is 6.08 Å². The van der Waals surface area contributed by atoms with Gasteiger partial charge in [0.1, 0.15) is 5.75 Å². The van der Waals surface area contributed by atoms with Crippen molar-refractivity contribution in [3.05, 3.63) is 36.4 Å². The highest BCUT2D eigenvalue weighted by atomic mass is 16.5. The average molecular weight is 417 g/mol. The second kappa shape index (κ2) is 18.0. The second-order valence-corrected chi connectivity index (χ2v) is 8.31. The third kappa shape index (κ3) is 13.5. The largest absolute Gasteiger partial charge is 0.490 e. The van der Waals surface area contributed by atoms with Gasteiger partial charge in [-0.25, -0.2) is 0 Å². The summed E-state index contributed by atoms with van der Waals surface area (Å²) in [5.41, 5.74) is 1.13. The van der Waals surface area contributed by atoms with Gasteiger partial charge in [-0.2, -0.15) is 0 Å². The molecule has 170 valence electrons. The van der Waals surface area contributed by atoms with Crippen LogP contribution in [0.15, 0.2) is 30.8 Å². The second-order valence-electron chi connectivity index (χ2n) is 8.31. The van der Waals surface area contributed by atoms with E-state index >= 15 is 0 Å². The van der Waals surface area contributed by atoms with Gasteiger partial charge < -0.3 is 9.47 Å². The van der Waals surface area contributed by atoms with Crippen LogP contribution in [0.2, 0.25) is 0 Å². The Hall–Kier alpha value is -1.77. The zero-order valence-electron chi connectivity index (χ0n) is 19.5. The zero-order chi connectivity index (χ0) is 21.9. The molecule has 0 radical (unpaired) electrons. The number of carbonyl (C=O) groups excluding carboxylic acids is 1. The molecular weight excluding hydrogens is 372 g/mol. The van der Waals surface area contributed by atoms with Crippen molar-refractivity contribution in [1.82, 2.24) is 0 Å². The lowest BCUT2D eigenvalue weighted by molar-refractivity contribution is -0.140. The van der Waals surface area contributed by atoms with Crippen molar-refractivity contribution in [3.63, 3.8) is 0 Å². The predicted octanol–water partition coefficient (Wildman–Crippen LogP) is 8.12. The molecule has 0 N–H and O–H groups in total. The van der Waals surface area contributed by atoms with Crippen molar-refractivity contribution in [3.8, 4) is 5.75 Å². The highest BCUT2D eigenvalue weighted by Crippen LogP contribution is 2.21. The Bertz CT molecular complexity index is 550. The number of benzene rings is 1. The maximum atomic E-state index is 11.1. The van der Waals surface area contributed by atoms with E-state index < -0.39 is 0 Å². The Morgan fingerprint density at radius 3 is 1.93 bits per heavy atom. The van der Waals surface area contributed by atoms with Gasteiger partial charge in [-0.15, -0.1) is 0 Å². The van der Waals surface area contributed by atoms with E-state index in [9.17, 15) is 4.79 Å². The number of methoxy groups -OCH3 is 1. The SMILES string of the molecule is C=Cc1ccc(OC(CCCCCCCC)CCCCCCCCC(=O)OC)cc1. The lowest BCUT2D eigenvalue weighted by Crippen LogP contribution is -2.16. The first-order valence-electron chi connectivity index (χ1n) is 12.2. The van der Waals surface area contributed by atoms with Crippen LogP contribution in [0.25, 0.3) is 6.08 Å². The number of hydrogen-bond donors (Lipinski definition) is 0. The number of esters is 1. The lowest BCUT2D eigenvalue weighted by Gasteiger charge is -2.19. The predicted molar refractivity (Wildman–Crippen MR) is 128 cm³/mol. The fourth-order valence-corrected chi connectivity index (χ4v) is 3.74. The van der Waals surface area contributed by atoms with Crippen molar-refractivity contribution in [2.75, 3.05) is 7.11 Å². The Morgan fingerprint density at radius 2 is 1.40 bits per heavy atom. The molecule has 0 spiro atoms. The van der Waals surface area contributed by atoms with Crippen LogP contribution in [0.1, 0.15) is 109 Å². The van der Waals surface area contributed by atoms with E-state index in [1.165, 1.54) is 71.3 Å². The Morgan fingerprint density at radius 1 is 0.867 bits per heavy atom. The molecule has 1 unspecified atom stereocenters. The summed E-state index contributed by atoms with van der Waals surface area (Å²) >= 11 is 0. The maximum absolute atomic E-state index is 11.1. The molecule has 3 heteroatoms. The average Bonchev–Trinajstić information content (AvgIpc) is 2.77. The quantitative estimate of drug-likeness (QED) is 0.169. The van der Waals surface area contributed by atoms with Crippen LogP contribution in [0.5, 0.6) is 5.75 Å². The van der Waals surface area contributed by atoms with Crippen LogP contribution in [0.4, 0.5) is 0 Å². The molecule has 0 saturated carbocycles. The number of rotatable bonds is 19. The topological polar surface area (TPSA) is 35.5 Å². The normalized spacial score (nSPS) is 11.8. The van der Waals surface area contributed by atoms with Gasteiger partial charge in [-0.1, -0.05) is 89.5 Å². The van der Waals surface area contributed by atoms with Crippen molar-refractivity contribution in [2.45, 2.75) is 109 Å². The fraction of sp³-hybridized carbons (Fsp3) is 0.667. The van der Waals surface area contributed by atoms with Gasteiger partial charge in [0, 0.05) is 6.42 Å². The molecular formula is C27H44O3. The first-order valence-corrected chi connectivity index (χ1v) is 12.2. The smallest absolute Gasteiger partial charge is 0.305 e. The zero-order valence-corrected chi connectivity index (χ0v) is 19.5. The first kappa shape index (κ1) is 26.3. The summed E-state index contributed by atoms with van der Waals surface area (Å²) in [4.78, 5) is 11.1. The van der Waals surface area contributed by atoms with E-state index in [2.05, 4.69) is 42.5 Å². The third-order valence-electron chi connectivity index (χ3n) is 5.68. The minimum absolute atomic E-state index is 0.0918. The molecule has 0 bridgehead atoms. The van der Waals surface area contributed by atoms with Gasteiger partial charge in [0.15, 0.2) is 0 Å². The van der Waals surface area contributed by atoms with Gasteiger partial charge in [-0.05, 0) is 49.8 Å². The lowest BCUT2D eigenvalue weighted by atomic mass is 10.0. The van der Waals surface area contributed by atoms with Crippen LogP contribution < -0.4 is 4.74 Å². The van der Waals surface area contributed by atoms with Gasteiger partial charge in [0.25, 0.3) is 0 Å². The summed E-state index contributed by atoms with van der Waals surface area (Å²) in [6.07, 6.45) is 19.9. The van der Waals surface area contributed by atoms with E-state index in [4.69, 9.17) is 4.74 Å². The molecule has 0 aromatic heterocycles. The summed E-state index contributed by atoms with van der Waals surface area (Å²) in [5.74, 6) is 0.880. The maximum Gasteiger partial charge on any atom is 0.305 e. The molecule has 1 aromatic rings. The molecule has 0 amide bonds. The van der Waals surface area contributed by atoms with Crippen LogP contribution in [0, 0.1) is 0 Å². The van der Waals surface area contributed by atoms with E-state index in [0.29, 0.717) is 12.5 Å². The summed E-state index contributed by atoms with van der Waals surface area (Å²) in [6.45, 7) is 6.08. The highest BCUT2D eigenvalue weighted by Gasteiger charge is 2.11. The number of ether oxygens (including phenoxy) is 2. The van der Waals surface area contributed by atoms with Gasteiger partial charge in [0.05, 0.1) is 13.2 Å². The van der Waals surface area contributed by atoms with Crippen molar-refractivity contribution < 1.29 is 14.3 Å². The molecule has 0 heterocycles. The van der Waals surface area contributed by atoms with Crippen molar-refractivity contribution in [1.29, 1.82) is 0 Å². The number of hydrogen-bond acceptors (Lipinski definition) is 3. The van der Waals surface area contributed by atoms with E-state index in [-0.39, 0.29) is 5.97 Å². The monoisotopic (exact) mass is 416 g/mol. The van der Waals surface area contributed by atoms with E-state index in [1.54, 1.807) is 0 Å². The minimum Gasteiger partial charge on any atom is -0.490 e.